The average Bonchev–Trinajstić information content (AvgIpc) is 2.81. The normalized spacial score (nSPS) is 16.0. The van der Waals surface area contributed by atoms with Crippen molar-refractivity contribution in [3.8, 4) is 0 Å². The maximum atomic E-state index is 4.87. The molecule has 1 aromatic rings. The van der Waals surface area contributed by atoms with E-state index in [1.54, 1.807) is 0 Å². The standard InChI is InChI=1S/C15H25N3/c1-12(2)13-7-8-15(18-9-5-6-10-18)14(16-13)11-17(3)4/h7-8,12H,5-6,9-11H2,1-4H3. The van der Waals surface area contributed by atoms with Gasteiger partial charge in [0.05, 0.1) is 11.4 Å². The first-order chi connectivity index (χ1) is 8.58. The van der Waals surface area contributed by atoms with Gasteiger partial charge in [0.25, 0.3) is 0 Å². The van der Waals surface area contributed by atoms with Crippen molar-refractivity contribution < 1.29 is 0 Å². The number of anilines is 1. The zero-order chi connectivity index (χ0) is 13.1. The van der Waals surface area contributed by atoms with Crippen molar-refractivity contribution in [3.05, 3.63) is 23.5 Å². The Balaban J connectivity index is 2.31. The third-order valence-corrected chi connectivity index (χ3v) is 3.48. The summed E-state index contributed by atoms with van der Waals surface area (Å²) in [6.45, 7) is 7.70. The van der Waals surface area contributed by atoms with Crippen LogP contribution < -0.4 is 4.90 Å². The summed E-state index contributed by atoms with van der Waals surface area (Å²) in [6, 6.07) is 4.46. The highest BCUT2D eigenvalue weighted by atomic mass is 15.2. The van der Waals surface area contributed by atoms with E-state index in [2.05, 4.69) is 49.9 Å². The van der Waals surface area contributed by atoms with Gasteiger partial charge in [-0.25, -0.2) is 0 Å². The Labute approximate surface area is 111 Å². The molecule has 0 N–H and O–H groups in total. The monoisotopic (exact) mass is 247 g/mol. The lowest BCUT2D eigenvalue weighted by Crippen LogP contribution is -2.22. The quantitative estimate of drug-likeness (QED) is 0.815. The van der Waals surface area contributed by atoms with Crippen molar-refractivity contribution in [1.82, 2.24) is 9.88 Å². The van der Waals surface area contributed by atoms with Crippen LogP contribution in [0.4, 0.5) is 5.69 Å². The molecule has 0 radical (unpaired) electrons. The summed E-state index contributed by atoms with van der Waals surface area (Å²) in [6.07, 6.45) is 2.63. The molecule has 2 heterocycles. The Bertz CT molecular complexity index is 393. The summed E-state index contributed by atoms with van der Waals surface area (Å²) in [5.74, 6) is 0.499. The third-order valence-electron chi connectivity index (χ3n) is 3.48. The molecule has 1 aromatic heterocycles. The smallest absolute Gasteiger partial charge is 0.0780 e. The molecule has 100 valence electrons. The van der Waals surface area contributed by atoms with Gasteiger partial charge in [0.2, 0.25) is 0 Å². The fraction of sp³-hybridized carbons (Fsp3) is 0.667. The molecule has 0 aliphatic carbocycles. The maximum Gasteiger partial charge on any atom is 0.0780 e. The molecular weight excluding hydrogens is 222 g/mol. The number of nitrogens with zero attached hydrogens (tertiary/aromatic N) is 3. The Morgan fingerprint density at radius 1 is 1.22 bits per heavy atom. The molecule has 1 saturated heterocycles. The van der Waals surface area contributed by atoms with Crippen LogP contribution in [0.25, 0.3) is 0 Å². The fourth-order valence-electron chi connectivity index (χ4n) is 2.49. The fourth-order valence-corrected chi connectivity index (χ4v) is 2.49. The van der Waals surface area contributed by atoms with Crippen molar-refractivity contribution in [2.24, 2.45) is 0 Å². The van der Waals surface area contributed by atoms with Gasteiger partial charge >= 0.3 is 0 Å². The summed E-state index contributed by atoms with van der Waals surface area (Å²) in [4.78, 5) is 9.56. The van der Waals surface area contributed by atoms with Crippen LogP contribution in [-0.4, -0.2) is 37.1 Å². The van der Waals surface area contributed by atoms with E-state index in [1.165, 1.54) is 43.0 Å². The van der Waals surface area contributed by atoms with Gasteiger partial charge in [-0.3, -0.25) is 4.98 Å². The summed E-state index contributed by atoms with van der Waals surface area (Å²) in [7, 11) is 4.22. The molecular formula is C15H25N3. The maximum absolute atomic E-state index is 4.87. The molecule has 0 aromatic carbocycles. The van der Waals surface area contributed by atoms with Crippen molar-refractivity contribution in [1.29, 1.82) is 0 Å². The van der Waals surface area contributed by atoms with Gasteiger partial charge in [-0.2, -0.15) is 0 Å². The van der Waals surface area contributed by atoms with Crippen LogP contribution in [0.5, 0.6) is 0 Å². The first-order valence-electron chi connectivity index (χ1n) is 6.97. The largest absolute Gasteiger partial charge is 0.370 e. The van der Waals surface area contributed by atoms with Gasteiger partial charge in [0.1, 0.15) is 0 Å². The lowest BCUT2D eigenvalue weighted by Gasteiger charge is -2.23. The third kappa shape index (κ3) is 3.02. The molecule has 1 aliphatic heterocycles. The van der Waals surface area contributed by atoms with Crippen LogP contribution in [0.3, 0.4) is 0 Å². The van der Waals surface area contributed by atoms with E-state index in [0.29, 0.717) is 5.92 Å². The minimum atomic E-state index is 0.499. The van der Waals surface area contributed by atoms with Crippen molar-refractivity contribution in [3.63, 3.8) is 0 Å². The number of pyridine rings is 1. The van der Waals surface area contributed by atoms with E-state index in [-0.39, 0.29) is 0 Å². The average molecular weight is 247 g/mol. The van der Waals surface area contributed by atoms with Gasteiger partial charge in [-0.05, 0) is 45.0 Å². The van der Waals surface area contributed by atoms with Gasteiger partial charge in [0, 0.05) is 25.3 Å². The highest BCUT2D eigenvalue weighted by Crippen LogP contribution is 2.26. The first kappa shape index (κ1) is 13.3. The SMILES string of the molecule is CC(C)c1ccc(N2CCCC2)c(CN(C)C)n1. The van der Waals surface area contributed by atoms with Crippen LogP contribution in [0.2, 0.25) is 0 Å². The van der Waals surface area contributed by atoms with Crippen LogP contribution in [0, 0.1) is 0 Å². The van der Waals surface area contributed by atoms with E-state index in [9.17, 15) is 0 Å². The molecule has 0 saturated carbocycles. The predicted molar refractivity (Wildman–Crippen MR) is 77.2 cm³/mol. The second kappa shape index (κ2) is 5.70. The van der Waals surface area contributed by atoms with Crippen LogP contribution in [0.15, 0.2) is 12.1 Å². The minimum absolute atomic E-state index is 0.499. The lowest BCUT2D eigenvalue weighted by molar-refractivity contribution is 0.396. The molecule has 0 spiro atoms. The summed E-state index contributed by atoms with van der Waals surface area (Å²) < 4.78 is 0. The highest BCUT2D eigenvalue weighted by molar-refractivity contribution is 5.52. The topological polar surface area (TPSA) is 19.4 Å². The van der Waals surface area contributed by atoms with Crippen LogP contribution >= 0.6 is 0 Å². The molecule has 0 unspecified atom stereocenters. The molecule has 3 heteroatoms. The molecule has 0 bridgehead atoms. The van der Waals surface area contributed by atoms with Crippen molar-refractivity contribution in [2.45, 2.75) is 39.2 Å². The number of aromatic nitrogens is 1. The van der Waals surface area contributed by atoms with Crippen molar-refractivity contribution >= 4 is 5.69 Å². The Morgan fingerprint density at radius 2 is 1.89 bits per heavy atom. The second-order valence-corrected chi connectivity index (χ2v) is 5.79. The van der Waals surface area contributed by atoms with E-state index in [1.807, 2.05) is 0 Å². The molecule has 0 amide bonds. The zero-order valence-corrected chi connectivity index (χ0v) is 12.1. The Morgan fingerprint density at radius 3 is 2.44 bits per heavy atom. The van der Waals surface area contributed by atoms with Gasteiger partial charge in [-0.1, -0.05) is 13.8 Å². The molecule has 3 nitrogen and oxygen atoms in total. The van der Waals surface area contributed by atoms with E-state index in [0.717, 1.165) is 6.54 Å². The van der Waals surface area contributed by atoms with Gasteiger partial charge in [0.15, 0.2) is 0 Å². The minimum Gasteiger partial charge on any atom is -0.370 e. The van der Waals surface area contributed by atoms with E-state index >= 15 is 0 Å². The second-order valence-electron chi connectivity index (χ2n) is 5.79. The van der Waals surface area contributed by atoms with Crippen molar-refractivity contribution in [2.75, 3.05) is 32.1 Å². The van der Waals surface area contributed by atoms with E-state index < -0.39 is 0 Å². The van der Waals surface area contributed by atoms with E-state index in [4.69, 9.17) is 4.98 Å². The zero-order valence-electron chi connectivity index (χ0n) is 12.1. The summed E-state index contributed by atoms with van der Waals surface area (Å²) in [5.41, 5.74) is 3.77. The van der Waals surface area contributed by atoms with Gasteiger partial charge in [-0.15, -0.1) is 0 Å². The Kier molecular flexibility index (Phi) is 4.23. The number of rotatable bonds is 4. The number of hydrogen-bond acceptors (Lipinski definition) is 3. The highest BCUT2D eigenvalue weighted by Gasteiger charge is 2.17. The van der Waals surface area contributed by atoms with Crippen LogP contribution in [-0.2, 0) is 6.54 Å². The Hall–Kier alpha value is -1.09. The molecule has 2 rings (SSSR count). The molecule has 1 aliphatic rings. The molecule has 0 atom stereocenters. The molecule has 1 fully saturated rings. The predicted octanol–water partition coefficient (Wildman–Crippen LogP) is 2.87. The first-order valence-corrected chi connectivity index (χ1v) is 6.97. The van der Waals surface area contributed by atoms with Crippen LogP contribution in [0.1, 0.15) is 44.0 Å². The summed E-state index contributed by atoms with van der Waals surface area (Å²) >= 11 is 0. The lowest BCUT2D eigenvalue weighted by atomic mass is 10.1. The molecule has 18 heavy (non-hydrogen) atoms. The van der Waals surface area contributed by atoms with Gasteiger partial charge < -0.3 is 9.80 Å². The summed E-state index contributed by atoms with van der Waals surface area (Å²) in [5, 5.41) is 0. The number of hydrogen-bond donors (Lipinski definition) is 0.